The highest BCUT2D eigenvalue weighted by atomic mass is 16.5. The van der Waals surface area contributed by atoms with E-state index in [0.717, 1.165) is 35.0 Å². The Morgan fingerprint density at radius 1 is 1.08 bits per heavy atom. The quantitative estimate of drug-likeness (QED) is 0.702. The molecule has 2 heterocycles. The highest BCUT2D eigenvalue weighted by molar-refractivity contribution is 5.95. The van der Waals surface area contributed by atoms with E-state index in [1.54, 1.807) is 0 Å². The van der Waals surface area contributed by atoms with Gasteiger partial charge in [0, 0.05) is 18.2 Å². The molecule has 5 nitrogen and oxygen atoms in total. The van der Waals surface area contributed by atoms with Crippen molar-refractivity contribution in [3.8, 4) is 11.3 Å². The first-order chi connectivity index (χ1) is 12.0. The van der Waals surface area contributed by atoms with Crippen LogP contribution in [-0.2, 0) is 0 Å². The van der Waals surface area contributed by atoms with E-state index in [4.69, 9.17) is 4.52 Å². The maximum atomic E-state index is 5.77. The number of rotatable bonds is 4. The van der Waals surface area contributed by atoms with E-state index in [1.165, 1.54) is 29.5 Å². The van der Waals surface area contributed by atoms with Crippen molar-refractivity contribution in [2.24, 2.45) is 0 Å². The summed E-state index contributed by atoms with van der Waals surface area (Å²) >= 11 is 0. The van der Waals surface area contributed by atoms with Crippen LogP contribution >= 0.6 is 0 Å². The molecule has 130 valence electrons. The van der Waals surface area contributed by atoms with Crippen molar-refractivity contribution in [3.05, 3.63) is 34.6 Å². The van der Waals surface area contributed by atoms with Crippen molar-refractivity contribution < 1.29 is 4.52 Å². The fraction of sp³-hybridized carbons (Fsp3) is 0.450. The molecule has 2 aromatic heterocycles. The Kier molecular flexibility index (Phi) is 3.74. The number of benzene rings is 1. The van der Waals surface area contributed by atoms with Crippen LogP contribution in [0.4, 0.5) is 5.82 Å². The van der Waals surface area contributed by atoms with Crippen molar-refractivity contribution in [1.82, 2.24) is 15.1 Å². The lowest BCUT2D eigenvalue weighted by Crippen LogP contribution is -2.26. The maximum absolute atomic E-state index is 5.77. The molecule has 1 fully saturated rings. The van der Waals surface area contributed by atoms with Crippen molar-refractivity contribution in [2.45, 2.75) is 53.5 Å². The zero-order chi connectivity index (χ0) is 17.7. The third kappa shape index (κ3) is 2.68. The van der Waals surface area contributed by atoms with E-state index in [1.807, 2.05) is 6.92 Å². The summed E-state index contributed by atoms with van der Waals surface area (Å²) in [5.74, 6) is 1.64. The van der Waals surface area contributed by atoms with E-state index in [-0.39, 0.29) is 0 Å². The summed E-state index contributed by atoms with van der Waals surface area (Å²) in [5.41, 5.74) is 7.10. The van der Waals surface area contributed by atoms with Gasteiger partial charge in [0.1, 0.15) is 17.0 Å². The molecule has 25 heavy (non-hydrogen) atoms. The van der Waals surface area contributed by atoms with Crippen LogP contribution in [0.1, 0.15) is 42.3 Å². The average Bonchev–Trinajstić information content (AvgIpc) is 3.29. The molecule has 0 N–H and O–H groups in total. The van der Waals surface area contributed by atoms with E-state index in [0.29, 0.717) is 11.6 Å². The molecule has 0 amide bonds. The smallest absolute Gasteiger partial charge is 0.228 e. The minimum Gasteiger partial charge on any atom is -0.351 e. The Morgan fingerprint density at radius 3 is 2.36 bits per heavy atom. The molecule has 0 bridgehead atoms. The number of aryl methyl sites for hydroxylation is 4. The Hall–Kier alpha value is -2.43. The zero-order valence-electron chi connectivity index (χ0n) is 15.6. The van der Waals surface area contributed by atoms with Gasteiger partial charge in [0.05, 0.1) is 0 Å². The highest BCUT2D eigenvalue weighted by Crippen LogP contribution is 2.38. The molecule has 0 unspecified atom stereocenters. The Balaban J connectivity index is 1.95. The van der Waals surface area contributed by atoms with E-state index in [9.17, 15) is 0 Å². The van der Waals surface area contributed by atoms with Gasteiger partial charge in [0.15, 0.2) is 5.82 Å². The second kappa shape index (κ2) is 5.83. The summed E-state index contributed by atoms with van der Waals surface area (Å²) in [7, 11) is 0. The topological polar surface area (TPSA) is 55.1 Å². The predicted octanol–water partition coefficient (Wildman–Crippen LogP) is 4.51. The van der Waals surface area contributed by atoms with Crippen molar-refractivity contribution in [2.75, 3.05) is 11.4 Å². The van der Waals surface area contributed by atoms with Gasteiger partial charge in [-0.15, -0.1) is 0 Å². The first-order valence-electron chi connectivity index (χ1n) is 8.98. The lowest BCUT2D eigenvalue weighted by molar-refractivity contribution is 0.457. The lowest BCUT2D eigenvalue weighted by atomic mass is 9.97. The van der Waals surface area contributed by atoms with Crippen LogP contribution in [0.25, 0.3) is 22.4 Å². The minimum absolute atomic E-state index is 0.568. The number of anilines is 1. The highest BCUT2D eigenvalue weighted by Gasteiger charge is 2.32. The molecule has 1 aliphatic rings. The normalized spacial score (nSPS) is 14.3. The van der Waals surface area contributed by atoms with Crippen LogP contribution in [0.15, 0.2) is 16.7 Å². The predicted molar refractivity (Wildman–Crippen MR) is 100 cm³/mol. The Labute approximate surface area is 148 Å². The van der Waals surface area contributed by atoms with Gasteiger partial charge in [-0.2, -0.15) is 0 Å². The molecule has 0 saturated heterocycles. The number of nitrogens with zero attached hydrogens (tertiary/aromatic N) is 4. The van der Waals surface area contributed by atoms with Crippen molar-refractivity contribution >= 4 is 16.9 Å². The molecule has 3 aromatic rings. The van der Waals surface area contributed by atoms with Crippen molar-refractivity contribution in [3.63, 3.8) is 0 Å². The lowest BCUT2D eigenvalue weighted by Gasteiger charge is -2.21. The maximum Gasteiger partial charge on any atom is 0.228 e. The summed E-state index contributed by atoms with van der Waals surface area (Å²) in [6.07, 6.45) is 2.44. The number of hydrogen-bond donors (Lipinski definition) is 0. The van der Waals surface area contributed by atoms with Gasteiger partial charge in [0.2, 0.25) is 5.58 Å². The van der Waals surface area contributed by atoms with E-state index < -0.39 is 0 Å². The van der Waals surface area contributed by atoms with Crippen LogP contribution in [0.5, 0.6) is 0 Å². The zero-order valence-corrected chi connectivity index (χ0v) is 15.6. The average molecular weight is 336 g/mol. The Morgan fingerprint density at radius 2 is 1.76 bits per heavy atom. The first kappa shape index (κ1) is 16.1. The third-order valence-electron chi connectivity index (χ3n) is 4.93. The van der Waals surface area contributed by atoms with Crippen LogP contribution in [-0.4, -0.2) is 27.7 Å². The first-order valence-corrected chi connectivity index (χ1v) is 8.98. The molecule has 0 aliphatic heterocycles. The molecule has 1 aliphatic carbocycles. The van der Waals surface area contributed by atoms with Crippen LogP contribution in [0.3, 0.4) is 0 Å². The van der Waals surface area contributed by atoms with Gasteiger partial charge in [0.25, 0.3) is 0 Å². The fourth-order valence-corrected chi connectivity index (χ4v) is 3.81. The van der Waals surface area contributed by atoms with E-state index >= 15 is 0 Å². The van der Waals surface area contributed by atoms with Gasteiger partial charge in [-0.1, -0.05) is 22.9 Å². The summed E-state index contributed by atoms with van der Waals surface area (Å²) in [5, 5.41) is 4.41. The summed E-state index contributed by atoms with van der Waals surface area (Å²) in [6.45, 7) is 11.4. The Bertz CT molecular complexity index is 933. The van der Waals surface area contributed by atoms with Gasteiger partial charge in [-0.05, 0) is 58.6 Å². The van der Waals surface area contributed by atoms with Gasteiger partial charge in [-0.3, -0.25) is 0 Å². The standard InChI is InChI=1S/C20H24N4O/c1-6-24(15-7-8-15)20-19-18(21-14(5)22-20)17(23-25-19)16-12(3)9-11(2)10-13(16)4/h9-10,15H,6-8H2,1-5H3. The monoisotopic (exact) mass is 336 g/mol. The minimum atomic E-state index is 0.568. The van der Waals surface area contributed by atoms with Crippen LogP contribution in [0, 0.1) is 27.7 Å². The summed E-state index contributed by atoms with van der Waals surface area (Å²) < 4.78 is 5.77. The number of hydrogen-bond acceptors (Lipinski definition) is 5. The van der Waals surface area contributed by atoms with Crippen LogP contribution in [0.2, 0.25) is 0 Å². The molecule has 4 rings (SSSR count). The molecule has 0 atom stereocenters. The molecule has 0 radical (unpaired) electrons. The molecule has 1 saturated carbocycles. The second-order valence-corrected chi connectivity index (χ2v) is 7.09. The van der Waals surface area contributed by atoms with Gasteiger partial charge in [-0.25, -0.2) is 9.97 Å². The number of fused-ring (bicyclic) bond motifs is 1. The van der Waals surface area contributed by atoms with Gasteiger partial charge >= 0.3 is 0 Å². The van der Waals surface area contributed by atoms with Crippen molar-refractivity contribution in [1.29, 1.82) is 0 Å². The number of aromatic nitrogens is 3. The summed E-state index contributed by atoms with van der Waals surface area (Å²) in [6, 6.07) is 4.93. The third-order valence-corrected chi connectivity index (χ3v) is 4.93. The largest absolute Gasteiger partial charge is 0.351 e. The van der Waals surface area contributed by atoms with E-state index in [2.05, 4.69) is 59.9 Å². The SMILES string of the molecule is CCN(c1nc(C)nc2c(-c3c(C)cc(C)cc3C)noc12)C1CC1. The fourth-order valence-electron chi connectivity index (χ4n) is 3.81. The van der Waals surface area contributed by atoms with Gasteiger partial charge < -0.3 is 9.42 Å². The summed E-state index contributed by atoms with van der Waals surface area (Å²) in [4.78, 5) is 11.7. The second-order valence-electron chi connectivity index (χ2n) is 7.09. The molecular weight excluding hydrogens is 312 g/mol. The molecular formula is C20H24N4O. The molecule has 1 aromatic carbocycles. The molecule has 0 spiro atoms. The van der Waals surface area contributed by atoms with Crippen LogP contribution < -0.4 is 4.90 Å². The molecule has 5 heteroatoms.